The number of carbonyl (C=O) groups is 3. The van der Waals surface area contributed by atoms with Gasteiger partial charge in [-0.25, -0.2) is 0 Å². The number of fused-ring (bicyclic) bond motifs is 1. The number of aliphatic hydroxyl groups is 1. The molecule has 2 aliphatic heterocycles. The molecular formula is C13H15N3O4S. The summed E-state index contributed by atoms with van der Waals surface area (Å²) in [7, 11) is 0. The van der Waals surface area contributed by atoms with Crippen LogP contribution in [0.15, 0.2) is 17.5 Å². The summed E-state index contributed by atoms with van der Waals surface area (Å²) in [6, 6.07) is 1.83. The van der Waals surface area contributed by atoms with E-state index in [1.54, 1.807) is 12.1 Å². The van der Waals surface area contributed by atoms with Crippen molar-refractivity contribution in [2.24, 2.45) is 0 Å². The summed E-state index contributed by atoms with van der Waals surface area (Å²) in [5.74, 6) is -0.766. The van der Waals surface area contributed by atoms with Gasteiger partial charge in [-0.3, -0.25) is 14.4 Å². The third-order valence-corrected chi connectivity index (χ3v) is 4.63. The lowest BCUT2D eigenvalue weighted by Gasteiger charge is -2.33. The highest BCUT2D eigenvalue weighted by Gasteiger charge is 2.46. The Kier molecular flexibility index (Phi) is 3.64. The van der Waals surface area contributed by atoms with Gasteiger partial charge in [0, 0.05) is 12.6 Å². The molecule has 0 bridgehead atoms. The second-order valence-electron chi connectivity index (χ2n) is 5.13. The molecule has 112 valence electrons. The van der Waals surface area contributed by atoms with Gasteiger partial charge in [0.25, 0.3) is 5.91 Å². The Hall–Kier alpha value is -1.93. The van der Waals surface area contributed by atoms with Crippen LogP contribution in [0.25, 0.3) is 0 Å². The molecule has 7 nitrogen and oxygen atoms in total. The van der Waals surface area contributed by atoms with E-state index in [0.717, 1.165) is 0 Å². The first-order valence-corrected chi connectivity index (χ1v) is 7.54. The van der Waals surface area contributed by atoms with Gasteiger partial charge >= 0.3 is 0 Å². The van der Waals surface area contributed by atoms with Crippen molar-refractivity contribution < 1.29 is 19.5 Å². The minimum absolute atomic E-state index is 0.193. The van der Waals surface area contributed by atoms with E-state index in [0.29, 0.717) is 17.8 Å². The highest BCUT2D eigenvalue weighted by atomic mass is 32.1. The maximum Gasteiger partial charge on any atom is 0.261 e. The number of thiophene rings is 1. The summed E-state index contributed by atoms with van der Waals surface area (Å²) in [5, 5.41) is 16.3. The number of amides is 3. The normalized spacial score (nSPS) is 28.2. The largest absolute Gasteiger partial charge is 0.394 e. The molecule has 3 heterocycles. The highest BCUT2D eigenvalue weighted by Crippen LogP contribution is 2.23. The van der Waals surface area contributed by atoms with Crippen molar-refractivity contribution in [1.29, 1.82) is 0 Å². The monoisotopic (exact) mass is 309 g/mol. The van der Waals surface area contributed by atoms with Gasteiger partial charge < -0.3 is 20.6 Å². The zero-order chi connectivity index (χ0) is 15.0. The number of hydrogen-bond acceptors (Lipinski definition) is 5. The molecule has 1 aromatic heterocycles. The van der Waals surface area contributed by atoms with Crippen LogP contribution in [0.1, 0.15) is 16.1 Å². The Morgan fingerprint density at radius 1 is 1.52 bits per heavy atom. The molecule has 2 fully saturated rings. The predicted molar refractivity (Wildman–Crippen MR) is 74.7 cm³/mol. The Labute approximate surface area is 124 Å². The zero-order valence-corrected chi connectivity index (χ0v) is 11.9. The molecule has 0 aromatic carbocycles. The molecule has 21 heavy (non-hydrogen) atoms. The van der Waals surface area contributed by atoms with Crippen molar-refractivity contribution in [2.45, 2.75) is 24.5 Å². The van der Waals surface area contributed by atoms with Crippen LogP contribution in [-0.4, -0.2) is 59.0 Å². The van der Waals surface area contributed by atoms with Gasteiger partial charge in [-0.05, 0) is 17.9 Å². The molecule has 0 aliphatic carbocycles. The third-order valence-electron chi connectivity index (χ3n) is 3.76. The van der Waals surface area contributed by atoms with Gasteiger partial charge in [-0.2, -0.15) is 0 Å². The number of nitrogens with one attached hydrogen (secondary N) is 2. The summed E-state index contributed by atoms with van der Waals surface area (Å²) in [6.45, 7) is -0.120. The lowest BCUT2D eigenvalue weighted by Crippen LogP contribution is -2.62. The van der Waals surface area contributed by atoms with Gasteiger partial charge in [0.15, 0.2) is 0 Å². The van der Waals surface area contributed by atoms with Gasteiger partial charge in [-0.1, -0.05) is 6.07 Å². The van der Waals surface area contributed by atoms with Gasteiger partial charge in [0.2, 0.25) is 11.8 Å². The van der Waals surface area contributed by atoms with Crippen molar-refractivity contribution in [3.8, 4) is 0 Å². The van der Waals surface area contributed by atoms with Crippen LogP contribution in [0.4, 0.5) is 0 Å². The predicted octanol–water partition coefficient (Wildman–Crippen LogP) is -1.06. The van der Waals surface area contributed by atoms with Crippen LogP contribution in [-0.2, 0) is 9.59 Å². The smallest absolute Gasteiger partial charge is 0.261 e. The number of rotatable bonds is 3. The fraction of sp³-hybridized carbons (Fsp3) is 0.462. The van der Waals surface area contributed by atoms with Crippen molar-refractivity contribution in [3.05, 3.63) is 22.4 Å². The van der Waals surface area contributed by atoms with Crippen molar-refractivity contribution >= 4 is 29.1 Å². The quantitative estimate of drug-likeness (QED) is 0.663. The zero-order valence-electron chi connectivity index (χ0n) is 11.1. The van der Waals surface area contributed by atoms with E-state index in [1.165, 1.54) is 16.2 Å². The van der Waals surface area contributed by atoms with Gasteiger partial charge in [0.05, 0.1) is 11.5 Å². The fourth-order valence-electron chi connectivity index (χ4n) is 2.75. The summed E-state index contributed by atoms with van der Waals surface area (Å²) >= 11 is 1.34. The molecule has 0 saturated carbocycles. The van der Waals surface area contributed by atoms with E-state index in [1.807, 2.05) is 5.38 Å². The van der Waals surface area contributed by atoms with E-state index >= 15 is 0 Å². The lowest BCUT2D eigenvalue weighted by atomic mass is 10.1. The Balaban J connectivity index is 1.68. The van der Waals surface area contributed by atoms with Crippen molar-refractivity contribution in [3.63, 3.8) is 0 Å². The van der Waals surface area contributed by atoms with Crippen LogP contribution >= 0.6 is 11.3 Å². The average molecular weight is 309 g/mol. The van der Waals surface area contributed by atoms with Gasteiger partial charge in [-0.15, -0.1) is 11.3 Å². The van der Waals surface area contributed by atoms with Crippen LogP contribution in [0, 0.1) is 0 Å². The topological polar surface area (TPSA) is 98.7 Å². The van der Waals surface area contributed by atoms with Crippen LogP contribution in [0.2, 0.25) is 0 Å². The minimum Gasteiger partial charge on any atom is -0.394 e. The number of aliphatic hydroxyl groups excluding tert-OH is 1. The molecular weight excluding hydrogens is 294 g/mol. The number of piperazine rings is 1. The van der Waals surface area contributed by atoms with Crippen LogP contribution in [0.3, 0.4) is 0 Å². The highest BCUT2D eigenvalue weighted by molar-refractivity contribution is 7.12. The van der Waals surface area contributed by atoms with E-state index in [2.05, 4.69) is 10.6 Å². The number of hydrogen-bond donors (Lipinski definition) is 3. The summed E-state index contributed by atoms with van der Waals surface area (Å²) in [4.78, 5) is 38.1. The van der Waals surface area contributed by atoms with Crippen LogP contribution < -0.4 is 10.6 Å². The molecule has 8 heteroatoms. The first-order chi connectivity index (χ1) is 10.1. The molecule has 3 N–H and O–H groups in total. The summed E-state index contributed by atoms with van der Waals surface area (Å²) < 4.78 is 0. The first kappa shape index (κ1) is 14.0. The molecule has 3 rings (SSSR count). The maximum atomic E-state index is 12.1. The second kappa shape index (κ2) is 5.45. The number of carbonyl (C=O) groups excluding carboxylic acids is 3. The average Bonchev–Trinajstić information content (AvgIpc) is 3.11. The Morgan fingerprint density at radius 3 is 3.00 bits per heavy atom. The molecule has 2 aliphatic rings. The van der Waals surface area contributed by atoms with Crippen molar-refractivity contribution in [1.82, 2.24) is 15.5 Å². The molecule has 2 saturated heterocycles. The second-order valence-corrected chi connectivity index (χ2v) is 6.08. The molecule has 0 spiro atoms. The lowest BCUT2D eigenvalue weighted by molar-refractivity contribution is -0.148. The third kappa shape index (κ3) is 2.52. The fourth-order valence-corrected chi connectivity index (χ4v) is 3.38. The molecule has 1 aromatic rings. The standard InChI is InChI=1S/C13H15N3O4S/c17-6-8-13(20)16-5-7(4-9(16)11(18)15-8)14-12(19)10-2-1-3-21-10/h1-3,7-9,17H,4-6H2,(H,14,19)(H,15,18)/t7-,8-,9-/m0/s1. The minimum atomic E-state index is -0.875. The van der Waals surface area contributed by atoms with E-state index < -0.39 is 18.7 Å². The molecule has 3 amide bonds. The van der Waals surface area contributed by atoms with E-state index in [9.17, 15) is 14.4 Å². The Bertz CT molecular complexity index is 574. The van der Waals surface area contributed by atoms with Gasteiger partial charge in [0.1, 0.15) is 12.1 Å². The maximum absolute atomic E-state index is 12.1. The first-order valence-electron chi connectivity index (χ1n) is 6.66. The van der Waals surface area contributed by atoms with E-state index in [-0.39, 0.29) is 23.8 Å². The molecule has 0 radical (unpaired) electrons. The SMILES string of the molecule is O=C(N[C@H]1C[C@H]2C(=O)N[C@@H](CO)C(=O)N2C1)c1cccs1. The summed E-state index contributed by atoms with van der Waals surface area (Å²) in [6.07, 6.45) is 0.396. The Morgan fingerprint density at radius 2 is 2.33 bits per heavy atom. The summed E-state index contributed by atoms with van der Waals surface area (Å²) in [5.41, 5.74) is 0. The van der Waals surface area contributed by atoms with Crippen molar-refractivity contribution in [2.75, 3.05) is 13.2 Å². The molecule has 3 atom stereocenters. The van der Waals surface area contributed by atoms with E-state index in [4.69, 9.17) is 5.11 Å². The number of nitrogens with zero attached hydrogens (tertiary/aromatic N) is 1. The molecule has 0 unspecified atom stereocenters. The van der Waals surface area contributed by atoms with Crippen LogP contribution in [0.5, 0.6) is 0 Å².